The van der Waals surface area contributed by atoms with Crippen LogP contribution in [0.3, 0.4) is 0 Å². The zero-order valence-corrected chi connectivity index (χ0v) is 16.1. The van der Waals surface area contributed by atoms with Gasteiger partial charge in [-0.25, -0.2) is 9.50 Å². The van der Waals surface area contributed by atoms with Crippen molar-refractivity contribution >= 4 is 23.1 Å². The van der Waals surface area contributed by atoms with Gasteiger partial charge in [-0.3, -0.25) is 4.79 Å². The standard InChI is InChI=1S/C20H22ClN3O3/c1-3-14-7-8-15-20(13-9-10-22-17(21)11-13)19(12(2)23-24(14)15)16(25)5-4-6-18(26)27/h7-11,16,25H,3-6H2,1-2H3,(H,26,27). The molecule has 7 heteroatoms. The van der Waals surface area contributed by atoms with Crippen LogP contribution in [0.4, 0.5) is 0 Å². The zero-order valence-electron chi connectivity index (χ0n) is 15.3. The molecule has 142 valence electrons. The molecule has 3 aromatic heterocycles. The summed E-state index contributed by atoms with van der Waals surface area (Å²) >= 11 is 6.11. The third-order valence-electron chi connectivity index (χ3n) is 4.68. The van der Waals surface area contributed by atoms with Crippen molar-refractivity contribution < 1.29 is 15.0 Å². The number of halogens is 1. The largest absolute Gasteiger partial charge is 0.481 e. The Hall–Kier alpha value is -2.44. The molecule has 0 radical (unpaired) electrons. The SMILES string of the molecule is CCc1ccc2c(-c3ccnc(Cl)c3)c(C(O)CCCC(=O)O)c(C)nn12. The summed E-state index contributed by atoms with van der Waals surface area (Å²) in [5.74, 6) is -0.868. The monoisotopic (exact) mass is 387 g/mol. The highest BCUT2D eigenvalue weighted by molar-refractivity contribution is 6.29. The van der Waals surface area contributed by atoms with Gasteiger partial charge in [0, 0.05) is 29.4 Å². The van der Waals surface area contributed by atoms with Crippen LogP contribution < -0.4 is 0 Å². The minimum atomic E-state index is -0.868. The molecule has 3 heterocycles. The van der Waals surface area contributed by atoms with Gasteiger partial charge >= 0.3 is 5.97 Å². The Balaban J connectivity index is 2.18. The number of aliphatic hydroxyl groups is 1. The summed E-state index contributed by atoms with van der Waals surface area (Å²) in [5.41, 5.74) is 5.07. The second kappa shape index (κ2) is 8.06. The average molecular weight is 388 g/mol. The highest BCUT2D eigenvalue weighted by Crippen LogP contribution is 2.37. The molecule has 0 amide bonds. The molecule has 0 saturated carbocycles. The average Bonchev–Trinajstić information content (AvgIpc) is 3.02. The molecule has 1 atom stereocenters. The molecule has 0 aromatic carbocycles. The maximum atomic E-state index is 10.9. The molecule has 0 aliphatic carbocycles. The van der Waals surface area contributed by atoms with Gasteiger partial charge < -0.3 is 10.2 Å². The van der Waals surface area contributed by atoms with Crippen molar-refractivity contribution in [2.75, 3.05) is 0 Å². The number of fused-ring (bicyclic) bond motifs is 1. The van der Waals surface area contributed by atoms with E-state index in [1.165, 1.54) is 0 Å². The molecule has 27 heavy (non-hydrogen) atoms. The fourth-order valence-corrected chi connectivity index (χ4v) is 3.60. The molecule has 1 unspecified atom stereocenters. The number of pyridine rings is 1. The Morgan fingerprint density at radius 2 is 2.11 bits per heavy atom. The third-order valence-corrected chi connectivity index (χ3v) is 4.88. The Morgan fingerprint density at radius 3 is 2.78 bits per heavy atom. The van der Waals surface area contributed by atoms with Crippen LogP contribution in [0.15, 0.2) is 30.5 Å². The van der Waals surface area contributed by atoms with Crippen LogP contribution >= 0.6 is 11.6 Å². The number of aliphatic carboxylic acids is 1. The molecular weight excluding hydrogens is 366 g/mol. The van der Waals surface area contributed by atoms with Crippen molar-refractivity contribution in [3.05, 3.63) is 52.6 Å². The third kappa shape index (κ3) is 3.96. The number of carboxylic acid groups (broad SMARTS) is 1. The number of rotatable bonds is 7. The lowest BCUT2D eigenvalue weighted by atomic mass is 9.93. The molecule has 6 nitrogen and oxygen atoms in total. The van der Waals surface area contributed by atoms with Gasteiger partial charge in [0.1, 0.15) is 5.15 Å². The van der Waals surface area contributed by atoms with Crippen LogP contribution in [0.2, 0.25) is 5.15 Å². The van der Waals surface area contributed by atoms with Gasteiger partial charge in [0.05, 0.1) is 17.3 Å². The lowest BCUT2D eigenvalue weighted by molar-refractivity contribution is -0.137. The van der Waals surface area contributed by atoms with E-state index in [1.807, 2.05) is 29.6 Å². The van der Waals surface area contributed by atoms with E-state index in [0.29, 0.717) is 29.3 Å². The van der Waals surface area contributed by atoms with Crippen molar-refractivity contribution in [1.82, 2.24) is 14.6 Å². The fourth-order valence-electron chi connectivity index (χ4n) is 3.43. The van der Waals surface area contributed by atoms with E-state index < -0.39 is 12.1 Å². The maximum absolute atomic E-state index is 10.9. The number of aryl methyl sites for hydroxylation is 2. The summed E-state index contributed by atoms with van der Waals surface area (Å²) in [4.78, 5) is 14.8. The van der Waals surface area contributed by atoms with Gasteiger partial charge in [-0.05, 0) is 56.0 Å². The molecule has 3 rings (SSSR count). The quantitative estimate of drug-likeness (QED) is 0.593. The summed E-state index contributed by atoms with van der Waals surface area (Å²) in [7, 11) is 0. The van der Waals surface area contributed by atoms with E-state index in [0.717, 1.165) is 28.8 Å². The van der Waals surface area contributed by atoms with Crippen molar-refractivity contribution in [1.29, 1.82) is 0 Å². The first-order chi connectivity index (χ1) is 12.9. The summed E-state index contributed by atoms with van der Waals surface area (Å²) in [6.07, 6.45) is 2.40. The summed E-state index contributed by atoms with van der Waals surface area (Å²) in [6.45, 7) is 3.93. The minimum absolute atomic E-state index is 0.0211. The van der Waals surface area contributed by atoms with Crippen LogP contribution in [0.1, 0.15) is 49.2 Å². The molecule has 0 bridgehead atoms. The topological polar surface area (TPSA) is 87.7 Å². The lowest BCUT2D eigenvalue weighted by Crippen LogP contribution is -2.10. The number of nitrogens with zero attached hydrogens (tertiary/aromatic N) is 3. The molecule has 0 saturated heterocycles. The van der Waals surface area contributed by atoms with E-state index in [4.69, 9.17) is 16.7 Å². The molecule has 0 spiro atoms. The second-order valence-electron chi connectivity index (χ2n) is 6.52. The second-order valence-corrected chi connectivity index (χ2v) is 6.91. The summed E-state index contributed by atoms with van der Waals surface area (Å²) in [6, 6.07) is 7.63. The molecule has 0 aliphatic heterocycles. The van der Waals surface area contributed by atoms with E-state index in [2.05, 4.69) is 17.0 Å². The Bertz CT molecular complexity index is 984. The van der Waals surface area contributed by atoms with Crippen LogP contribution in [0, 0.1) is 6.92 Å². The number of carbonyl (C=O) groups is 1. The molecular formula is C20H22ClN3O3. The summed E-state index contributed by atoms with van der Waals surface area (Å²) < 4.78 is 1.90. The summed E-state index contributed by atoms with van der Waals surface area (Å²) in [5, 5.41) is 24.8. The first-order valence-electron chi connectivity index (χ1n) is 8.95. The van der Waals surface area contributed by atoms with Crippen molar-refractivity contribution in [2.24, 2.45) is 0 Å². The number of hydrogen-bond donors (Lipinski definition) is 2. The molecule has 3 aromatic rings. The number of carboxylic acids is 1. The van der Waals surface area contributed by atoms with Gasteiger partial charge in [0.2, 0.25) is 0 Å². The van der Waals surface area contributed by atoms with Crippen LogP contribution in [-0.4, -0.2) is 30.8 Å². The van der Waals surface area contributed by atoms with Crippen molar-refractivity contribution in [2.45, 2.75) is 45.6 Å². The highest BCUT2D eigenvalue weighted by atomic mass is 35.5. The van der Waals surface area contributed by atoms with E-state index in [-0.39, 0.29) is 6.42 Å². The van der Waals surface area contributed by atoms with E-state index in [9.17, 15) is 9.90 Å². The van der Waals surface area contributed by atoms with Crippen LogP contribution in [-0.2, 0) is 11.2 Å². The first-order valence-corrected chi connectivity index (χ1v) is 9.33. The Morgan fingerprint density at radius 1 is 1.33 bits per heavy atom. The molecule has 0 fully saturated rings. The Kier molecular flexibility index (Phi) is 5.77. The van der Waals surface area contributed by atoms with Gasteiger partial charge in [-0.15, -0.1) is 0 Å². The predicted octanol–water partition coefficient (Wildman–Crippen LogP) is 4.21. The van der Waals surface area contributed by atoms with Crippen LogP contribution in [0.25, 0.3) is 16.6 Å². The first kappa shape index (κ1) is 19.3. The highest BCUT2D eigenvalue weighted by Gasteiger charge is 2.22. The van der Waals surface area contributed by atoms with Crippen LogP contribution in [0.5, 0.6) is 0 Å². The zero-order chi connectivity index (χ0) is 19.6. The van der Waals surface area contributed by atoms with Gasteiger partial charge in [-0.1, -0.05) is 18.5 Å². The van der Waals surface area contributed by atoms with Crippen molar-refractivity contribution in [3.8, 4) is 11.1 Å². The normalized spacial score (nSPS) is 12.4. The number of aliphatic hydroxyl groups excluding tert-OH is 1. The van der Waals surface area contributed by atoms with Gasteiger partial charge in [0.25, 0.3) is 0 Å². The predicted molar refractivity (Wildman–Crippen MR) is 104 cm³/mol. The lowest BCUT2D eigenvalue weighted by Gasteiger charge is -2.20. The smallest absolute Gasteiger partial charge is 0.303 e. The molecule has 2 N–H and O–H groups in total. The van der Waals surface area contributed by atoms with Gasteiger partial charge in [0.15, 0.2) is 0 Å². The van der Waals surface area contributed by atoms with Crippen molar-refractivity contribution in [3.63, 3.8) is 0 Å². The van der Waals surface area contributed by atoms with E-state index >= 15 is 0 Å². The Labute approximate surface area is 162 Å². The fraction of sp³-hybridized carbons (Fsp3) is 0.350. The number of hydrogen-bond acceptors (Lipinski definition) is 4. The molecule has 0 aliphatic rings. The number of aromatic nitrogens is 3. The van der Waals surface area contributed by atoms with Gasteiger partial charge in [-0.2, -0.15) is 5.10 Å². The van der Waals surface area contributed by atoms with E-state index in [1.54, 1.807) is 12.3 Å². The maximum Gasteiger partial charge on any atom is 0.303 e. The minimum Gasteiger partial charge on any atom is -0.481 e.